The van der Waals surface area contributed by atoms with E-state index in [2.05, 4.69) is 28.3 Å². The van der Waals surface area contributed by atoms with Crippen LogP contribution in [0.5, 0.6) is 0 Å². The lowest BCUT2D eigenvalue weighted by Gasteiger charge is -2.47. The Morgan fingerprint density at radius 2 is 1.93 bits per heavy atom. The second-order valence-electron chi connectivity index (χ2n) is 8.41. The van der Waals surface area contributed by atoms with Crippen LogP contribution in [0.15, 0.2) is 43.0 Å². The summed E-state index contributed by atoms with van der Waals surface area (Å²) in [4.78, 5) is 8.65. The van der Waals surface area contributed by atoms with Crippen LogP contribution in [0.3, 0.4) is 0 Å². The molecule has 0 unspecified atom stereocenters. The van der Waals surface area contributed by atoms with Crippen molar-refractivity contribution in [2.24, 2.45) is 0 Å². The molecule has 2 fully saturated rings. The molecule has 0 radical (unpaired) electrons. The predicted octanol–water partition coefficient (Wildman–Crippen LogP) is 5.90. The summed E-state index contributed by atoms with van der Waals surface area (Å²) in [7, 11) is 0. The maximum Gasteiger partial charge on any atom is 0.0691 e. The monoisotopic (exact) mass is 384 g/mol. The molecule has 1 saturated carbocycles. The molecule has 1 saturated heterocycles. The van der Waals surface area contributed by atoms with E-state index in [4.69, 9.17) is 16.3 Å². The largest absolute Gasteiger partial charge is 0.375 e. The standard InChI is InChI=1S/C23H29ClN2O/c24-21-14-19(15-26-17-21)6-1-2-8-22(20-7-5-12-25-16-20)11-13-27-23(18-22)9-3-4-10-23/h5,7,12,14-17H,1-4,6,8-11,13,18H2/t22-/m1/s1. The third kappa shape index (κ3) is 4.35. The van der Waals surface area contributed by atoms with Crippen molar-refractivity contribution < 1.29 is 4.74 Å². The molecule has 3 heterocycles. The van der Waals surface area contributed by atoms with E-state index in [0.717, 1.165) is 37.3 Å². The third-order valence-electron chi connectivity index (χ3n) is 6.57. The Morgan fingerprint density at radius 3 is 2.70 bits per heavy atom. The lowest BCUT2D eigenvalue weighted by atomic mass is 9.66. The highest BCUT2D eigenvalue weighted by molar-refractivity contribution is 6.30. The Morgan fingerprint density at radius 1 is 1.04 bits per heavy atom. The summed E-state index contributed by atoms with van der Waals surface area (Å²) in [6, 6.07) is 6.40. The number of rotatable bonds is 6. The summed E-state index contributed by atoms with van der Waals surface area (Å²) in [6.45, 7) is 0.882. The molecule has 0 N–H and O–H groups in total. The molecule has 0 amide bonds. The Balaban J connectivity index is 1.45. The molecule has 1 aliphatic carbocycles. The van der Waals surface area contributed by atoms with Crippen molar-refractivity contribution >= 4 is 11.6 Å². The van der Waals surface area contributed by atoms with E-state index in [1.54, 1.807) is 6.20 Å². The van der Waals surface area contributed by atoms with Gasteiger partial charge in [-0.15, -0.1) is 0 Å². The number of halogens is 1. The first kappa shape index (κ1) is 18.9. The minimum atomic E-state index is 0.116. The van der Waals surface area contributed by atoms with E-state index in [9.17, 15) is 0 Å². The minimum Gasteiger partial charge on any atom is -0.375 e. The topological polar surface area (TPSA) is 35.0 Å². The zero-order valence-corrected chi connectivity index (χ0v) is 16.8. The van der Waals surface area contributed by atoms with Gasteiger partial charge in [0, 0.05) is 36.8 Å². The summed E-state index contributed by atoms with van der Waals surface area (Å²) in [5.74, 6) is 0. The number of pyridine rings is 2. The van der Waals surface area contributed by atoms with Crippen LogP contribution >= 0.6 is 11.6 Å². The molecule has 1 aliphatic heterocycles. The van der Waals surface area contributed by atoms with Gasteiger partial charge < -0.3 is 4.74 Å². The lowest BCUT2D eigenvalue weighted by Crippen LogP contribution is -2.46. The summed E-state index contributed by atoms with van der Waals surface area (Å²) < 4.78 is 6.35. The van der Waals surface area contributed by atoms with Gasteiger partial charge in [0.2, 0.25) is 0 Å². The van der Waals surface area contributed by atoms with Gasteiger partial charge in [-0.3, -0.25) is 9.97 Å². The molecule has 2 aromatic heterocycles. The average Bonchev–Trinajstić information content (AvgIpc) is 3.13. The molecule has 2 aromatic rings. The maximum absolute atomic E-state index is 6.35. The molecule has 27 heavy (non-hydrogen) atoms. The number of aromatic nitrogens is 2. The summed E-state index contributed by atoms with van der Waals surface area (Å²) in [5.41, 5.74) is 2.97. The third-order valence-corrected chi connectivity index (χ3v) is 6.78. The molecule has 1 spiro atoms. The van der Waals surface area contributed by atoms with Gasteiger partial charge in [0.05, 0.1) is 10.6 Å². The first-order valence-electron chi connectivity index (χ1n) is 10.3. The van der Waals surface area contributed by atoms with Crippen LogP contribution in [0.4, 0.5) is 0 Å². The van der Waals surface area contributed by atoms with Gasteiger partial charge in [-0.25, -0.2) is 0 Å². The van der Waals surface area contributed by atoms with E-state index in [1.807, 2.05) is 18.5 Å². The first-order chi connectivity index (χ1) is 13.2. The van der Waals surface area contributed by atoms with E-state index < -0.39 is 0 Å². The molecular formula is C23H29ClN2O. The van der Waals surface area contributed by atoms with Gasteiger partial charge in [-0.05, 0) is 68.2 Å². The Bertz CT molecular complexity index is 745. The fourth-order valence-electron chi connectivity index (χ4n) is 5.23. The Hall–Kier alpha value is -1.45. The van der Waals surface area contributed by atoms with Crippen molar-refractivity contribution in [3.63, 3.8) is 0 Å². The summed E-state index contributed by atoms with van der Waals surface area (Å²) in [5, 5.41) is 0.729. The van der Waals surface area contributed by atoms with Gasteiger partial charge >= 0.3 is 0 Å². The fraction of sp³-hybridized carbons (Fsp3) is 0.565. The highest BCUT2D eigenvalue weighted by Gasteiger charge is 2.47. The van der Waals surface area contributed by atoms with Gasteiger partial charge in [0.15, 0.2) is 0 Å². The highest BCUT2D eigenvalue weighted by atomic mass is 35.5. The zero-order valence-electron chi connectivity index (χ0n) is 16.0. The quantitative estimate of drug-likeness (QED) is 0.581. The van der Waals surface area contributed by atoms with Gasteiger partial charge in [0.1, 0.15) is 0 Å². The molecule has 2 aliphatic rings. The van der Waals surface area contributed by atoms with Crippen molar-refractivity contribution in [2.75, 3.05) is 6.61 Å². The van der Waals surface area contributed by atoms with E-state index in [0.29, 0.717) is 0 Å². The Kier molecular flexibility index (Phi) is 5.79. The molecular weight excluding hydrogens is 356 g/mol. The summed E-state index contributed by atoms with van der Waals surface area (Å²) >= 11 is 6.07. The second-order valence-corrected chi connectivity index (χ2v) is 8.84. The number of nitrogens with zero attached hydrogens (tertiary/aromatic N) is 2. The van der Waals surface area contributed by atoms with E-state index in [1.165, 1.54) is 49.7 Å². The maximum atomic E-state index is 6.35. The minimum absolute atomic E-state index is 0.116. The van der Waals surface area contributed by atoms with Gasteiger partial charge in [-0.1, -0.05) is 36.9 Å². The number of hydrogen-bond acceptors (Lipinski definition) is 3. The second kappa shape index (κ2) is 8.28. The van der Waals surface area contributed by atoms with Crippen LogP contribution in [-0.4, -0.2) is 22.2 Å². The van der Waals surface area contributed by atoms with Crippen molar-refractivity contribution in [3.8, 4) is 0 Å². The van der Waals surface area contributed by atoms with E-state index >= 15 is 0 Å². The SMILES string of the molecule is Clc1cncc(CCCC[C@@]2(c3cccnc3)CCOC3(CCCC3)C2)c1. The number of unbranched alkanes of at least 4 members (excludes halogenated alkanes) is 1. The molecule has 0 aromatic carbocycles. The molecule has 4 rings (SSSR count). The van der Waals surface area contributed by atoms with Crippen LogP contribution in [0.1, 0.15) is 68.9 Å². The average molecular weight is 385 g/mol. The number of hydrogen-bond donors (Lipinski definition) is 0. The number of ether oxygens (including phenoxy) is 1. The highest BCUT2D eigenvalue weighted by Crippen LogP contribution is 2.50. The van der Waals surface area contributed by atoms with Crippen LogP contribution in [0, 0.1) is 0 Å². The molecule has 3 nitrogen and oxygen atoms in total. The number of aryl methyl sites for hydroxylation is 1. The molecule has 144 valence electrons. The van der Waals surface area contributed by atoms with E-state index in [-0.39, 0.29) is 11.0 Å². The molecule has 0 bridgehead atoms. The van der Waals surface area contributed by atoms with Crippen LogP contribution in [-0.2, 0) is 16.6 Å². The smallest absolute Gasteiger partial charge is 0.0691 e. The fourth-order valence-corrected chi connectivity index (χ4v) is 5.42. The Labute approximate surface area is 167 Å². The predicted molar refractivity (Wildman–Crippen MR) is 109 cm³/mol. The zero-order chi connectivity index (χ0) is 18.6. The van der Waals surface area contributed by atoms with Crippen molar-refractivity contribution in [2.45, 2.75) is 75.2 Å². The van der Waals surface area contributed by atoms with Crippen LogP contribution in [0.2, 0.25) is 5.02 Å². The van der Waals surface area contributed by atoms with Gasteiger partial charge in [-0.2, -0.15) is 0 Å². The van der Waals surface area contributed by atoms with Crippen molar-refractivity contribution in [1.29, 1.82) is 0 Å². The van der Waals surface area contributed by atoms with Crippen LogP contribution < -0.4 is 0 Å². The van der Waals surface area contributed by atoms with Crippen molar-refractivity contribution in [3.05, 3.63) is 59.1 Å². The van der Waals surface area contributed by atoms with Gasteiger partial charge in [0.25, 0.3) is 0 Å². The first-order valence-corrected chi connectivity index (χ1v) is 10.7. The molecule has 4 heteroatoms. The molecule has 1 atom stereocenters. The summed E-state index contributed by atoms with van der Waals surface area (Å²) in [6.07, 6.45) is 19.6. The lowest BCUT2D eigenvalue weighted by molar-refractivity contribution is -0.104. The van der Waals surface area contributed by atoms with Crippen LogP contribution in [0.25, 0.3) is 0 Å². The normalized spacial score (nSPS) is 24.3. The van der Waals surface area contributed by atoms with Crippen molar-refractivity contribution in [1.82, 2.24) is 9.97 Å².